The maximum absolute atomic E-state index is 12.6. The zero-order chi connectivity index (χ0) is 9.07. The molecule has 0 rings (SSSR count). The van der Waals surface area contributed by atoms with Gasteiger partial charge in [0.2, 0.25) is 5.78 Å². The quantitative estimate of drug-likeness (QED) is 0.368. The number of Topliss-reactive ketones (excluding diaryl/α,β-unsaturated/α-hetero) is 1. The van der Waals surface area contributed by atoms with E-state index >= 15 is 0 Å². The highest BCUT2D eigenvalue weighted by atomic mass is 35.5. The topological polar surface area (TPSA) is 43.4 Å². The average molecular weight is 187 g/mol. The summed E-state index contributed by atoms with van der Waals surface area (Å²) in [6, 6.07) is 0. The molecule has 0 bridgehead atoms. The van der Waals surface area contributed by atoms with Gasteiger partial charge in [0.25, 0.3) is 0 Å². The van der Waals surface area contributed by atoms with Gasteiger partial charge in [0.15, 0.2) is 6.67 Å². The van der Waals surface area contributed by atoms with Crippen molar-refractivity contribution in [3.05, 3.63) is 0 Å². The van der Waals surface area contributed by atoms with Gasteiger partial charge in [0, 0.05) is 0 Å². The van der Waals surface area contributed by atoms with Crippen LogP contribution in [-0.4, -0.2) is 30.7 Å². The van der Waals surface area contributed by atoms with Crippen LogP contribution in [0.1, 0.15) is 0 Å². The van der Waals surface area contributed by atoms with Gasteiger partial charge >= 0.3 is 11.1 Å². The fourth-order valence-corrected chi connectivity index (χ4v) is 0.454. The molecular formula is C5H5ClF2O3. The molecule has 0 heterocycles. The highest BCUT2D eigenvalue weighted by Crippen LogP contribution is 2.20. The maximum atomic E-state index is 12.6. The molecule has 1 atom stereocenters. The molecule has 0 N–H and O–H groups in total. The van der Waals surface area contributed by atoms with Crippen molar-refractivity contribution >= 4 is 23.4 Å². The van der Waals surface area contributed by atoms with Crippen molar-refractivity contribution in [3.8, 4) is 0 Å². The SMILES string of the molecule is COC(=O)C(F)(Cl)C(=O)CF. The molecular weight excluding hydrogens is 182 g/mol. The van der Waals surface area contributed by atoms with E-state index in [0.29, 0.717) is 0 Å². The molecule has 3 nitrogen and oxygen atoms in total. The number of halogens is 3. The Morgan fingerprint density at radius 1 is 1.64 bits per heavy atom. The molecule has 64 valence electrons. The number of ether oxygens (including phenoxy) is 1. The van der Waals surface area contributed by atoms with E-state index in [1.165, 1.54) is 0 Å². The molecule has 0 radical (unpaired) electrons. The number of rotatable bonds is 3. The first-order valence-corrected chi connectivity index (χ1v) is 2.90. The minimum atomic E-state index is -3.39. The zero-order valence-electron chi connectivity index (χ0n) is 5.57. The predicted molar refractivity (Wildman–Crippen MR) is 32.7 cm³/mol. The van der Waals surface area contributed by atoms with E-state index in [0.717, 1.165) is 7.11 Å². The molecule has 1 unspecified atom stereocenters. The summed E-state index contributed by atoms with van der Waals surface area (Å²) in [4.78, 5) is 20.6. The number of carbonyl (C=O) groups is 2. The lowest BCUT2D eigenvalue weighted by Crippen LogP contribution is -2.38. The molecule has 0 fully saturated rings. The van der Waals surface area contributed by atoms with Gasteiger partial charge < -0.3 is 4.74 Å². The molecule has 0 spiro atoms. The molecule has 0 amide bonds. The van der Waals surface area contributed by atoms with Crippen molar-refractivity contribution < 1.29 is 23.1 Å². The molecule has 0 aliphatic carbocycles. The van der Waals surface area contributed by atoms with E-state index in [2.05, 4.69) is 4.74 Å². The molecule has 0 saturated heterocycles. The number of hydrogen-bond donors (Lipinski definition) is 0. The van der Waals surface area contributed by atoms with Crippen LogP contribution in [0.4, 0.5) is 8.78 Å². The summed E-state index contributed by atoms with van der Waals surface area (Å²) < 4.78 is 27.9. The Balaban J connectivity index is 4.44. The Hall–Kier alpha value is -0.710. The van der Waals surface area contributed by atoms with Crippen molar-refractivity contribution in [3.63, 3.8) is 0 Å². The van der Waals surface area contributed by atoms with Crippen molar-refractivity contribution in [2.75, 3.05) is 13.8 Å². The van der Waals surface area contributed by atoms with Crippen LogP contribution in [0, 0.1) is 0 Å². The number of methoxy groups -OCH3 is 1. The van der Waals surface area contributed by atoms with Gasteiger partial charge in [-0.2, -0.15) is 0 Å². The van der Waals surface area contributed by atoms with Crippen molar-refractivity contribution in [2.45, 2.75) is 5.13 Å². The minimum Gasteiger partial charge on any atom is -0.465 e. The van der Waals surface area contributed by atoms with E-state index < -0.39 is 23.6 Å². The maximum Gasteiger partial charge on any atom is 0.367 e. The molecule has 0 aliphatic heterocycles. The highest BCUT2D eigenvalue weighted by Gasteiger charge is 2.45. The van der Waals surface area contributed by atoms with Crippen LogP contribution in [0.15, 0.2) is 0 Å². The summed E-state index contributed by atoms with van der Waals surface area (Å²) in [6.07, 6.45) is 0. The third kappa shape index (κ3) is 2.11. The Labute approximate surface area is 66.3 Å². The van der Waals surface area contributed by atoms with Crippen LogP contribution in [0.3, 0.4) is 0 Å². The Bertz CT molecular complexity index is 163. The molecule has 0 aromatic rings. The number of ketones is 1. The Morgan fingerprint density at radius 2 is 2.09 bits per heavy atom. The van der Waals surface area contributed by atoms with Crippen LogP contribution >= 0.6 is 11.6 Å². The predicted octanol–water partition coefficient (Wildman–Crippen LogP) is 0.603. The molecule has 0 aromatic carbocycles. The van der Waals surface area contributed by atoms with E-state index in [-0.39, 0.29) is 0 Å². The monoisotopic (exact) mass is 186 g/mol. The average Bonchev–Trinajstić information content (AvgIpc) is 2.01. The van der Waals surface area contributed by atoms with Crippen LogP contribution in [0.2, 0.25) is 0 Å². The molecule has 6 heteroatoms. The second-order valence-electron chi connectivity index (χ2n) is 1.62. The van der Waals surface area contributed by atoms with Crippen molar-refractivity contribution in [1.82, 2.24) is 0 Å². The lowest BCUT2D eigenvalue weighted by molar-refractivity contribution is -0.154. The first-order chi connectivity index (χ1) is 4.96. The fourth-order valence-electron chi connectivity index (χ4n) is 0.326. The summed E-state index contributed by atoms with van der Waals surface area (Å²) in [6.45, 7) is -1.64. The summed E-state index contributed by atoms with van der Waals surface area (Å²) >= 11 is 4.71. The van der Waals surface area contributed by atoms with Gasteiger partial charge in [-0.1, -0.05) is 11.6 Å². The first kappa shape index (κ1) is 10.3. The highest BCUT2D eigenvalue weighted by molar-refractivity contribution is 6.44. The minimum absolute atomic E-state index is 0.838. The van der Waals surface area contributed by atoms with Crippen LogP contribution in [-0.2, 0) is 14.3 Å². The van der Waals surface area contributed by atoms with Gasteiger partial charge in [-0.3, -0.25) is 4.79 Å². The van der Waals surface area contributed by atoms with Gasteiger partial charge in [-0.05, 0) is 0 Å². The standard InChI is InChI=1S/C5H5ClF2O3/c1-11-4(10)5(6,8)3(9)2-7/h2H2,1H3. The van der Waals surface area contributed by atoms with Crippen LogP contribution in [0.5, 0.6) is 0 Å². The lowest BCUT2D eigenvalue weighted by atomic mass is 10.2. The second kappa shape index (κ2) is 3.61. The summed E-state index contributed by atoms with van der Waals surface area (Å²) in [7, 11) is 0.838. The fraction of sp³-hybridized carbons (Fsp3) is 0.600. The van der Waals surface area contributed by atoms with E-state index in [1.807, 2.05) is 0 Å². The summed E-state index contributed by atoms with van der Waals surface area (Å²) in [5, 5.41) is -3.39. The van der Waals surface area contributed by atoms with Crippen molar-refractivity contribution in [1.29, 1.82) is 0 Å². The van der Waals surface area contributed by atoms with E-state index in [9.17, 15) is 18.4 Å². The van der Waals surface area contributed by atoms with Gasteiger partial charge in [0.05, 0.1) is 7.11 Å². The lowest BCUT2D eigenvalue weighted by Gasteiger charge is -2.10. The largest absolute Gasteiger partial charge is 0.465 e. The molecule has 11 heavy (non-hydrogen) atoms. The summed E-state index contributed by atoms with van der Waals surface area (Å²) in [5.74, 6) is -3.27. The van der Waals surface area contributed by atoms with E-state index in [1.54, 1.807) is 0 Å². The first-order valence-electron chi connectivity index (χ1n) is 2.52. The van der Waals surface area contributed by atoms with Gasteiger partial charge in [-0.15, -0.1) is 0 Å². The molecule has 0 saturated carbocycles. The number of esters is 1. The van der Waals surface area contributed by atoms with Crippen LogP contribution in [0.25, 0.3) is 0 Å². The Morgan fingerprint density at radius 3 is 2.36 bits per heavy atom. The number of hydrogen-bond acceptors (Lipinski definition) is 3. The summed E-state index contributed by atoms with van der Waals surface area (Å²) in [5.41, 5.74) is 0. The van der Waals surface area contributed by atoms with Crippen molar-refractivity contribution in [2.24, 2.45) is 0 Å². The molecule has 0 aromatic heterocycles. The second-order valence-corrected chi connectivity index (χ2v) is 2.14. The smallest absolute Gasteiger partial charge is 0.367 e. The van der Waals surface area contributed by atoms with Gasteiger partial charge in [0.1, 0.15) is 0 Å². The zero-order valence-corrected chi connectivity index (χ0v) is 6.32. The normalized spacial score (nSPS) is 15.3. The van der Waals surface area contributed by atoms with Gasteiger partial charge in [-0.25, -0.2) is 13.6 Å². The van der Waals surface area contributed by atoms with E-state index in [4.69, 9.17) is 11.6 Å². The Kier molecular flexibility index (Phi) is 3.38. The number of alkyl halides is 3. The third-order valence-corrected chi connectivity index (χ3v) is 1.28. The van der Waals surface area contributed by atoms with Crippen LogP contribution < -0.4 is 0 Å². The third-order valence-electron chi connectivity index (χ3n) is 0.913. The number of carbonyl (C=O) groups excluding carboxylic acids is 2. The molecule has 0 aliphatic rings.